The molecule has 3 fully saturated rings. The van der Waals surface area contributed by atoms with Crippen molar-refractivity contribution in [1.82, 2.24) is 14.3 Å². The van der Waals surface area contributed by atoms with Crippen LogP contribution in [0.5, 0.6) is 11.5 Å². The molecule has 3 aromatic rings. The minimum Gasteiger partial charge on any atom is -0.489 e. The van der Waals surface area contributed by atoms with Gasteiger partial charge in [0, 0.05) is 50.4 Å². The number of alkyl halides is 2. The van der Waals surface area contributed by atoms with E-state index in [4.69, 9.17) is 37.4 Å². The summed E-state index contributed by atoms with van der Waals surface area (Å²) in [7, 11) is -4.14. The zero-order valence-corrected chi connectivity index (χ0v) is 28.6. The lowest BCUT2D eigenvalue weighted by atomic mass is 10.0. The fourth-order valence-electron chi connectivity index (χ4n) is 5.29. The molecule has 0 spiro atoms. The molecule has 1 saturated carbocycles. The average Bonchev–Trinajstić information content (AvgIpc) is 3.77. The summed E-state index contributed by atoms with van der Waals surface area (Å²) in [6.45, 7) is -0.307. The molecule has 1 unspecified atom stereocenters. The molecular weight excluding hydrogens is 713 g/mol. The maximum atomic E-state index is 13.8. The predicted molar refractivity (Wildman–Crippen MR) is 175 cm³/mol. The highest BCUT2D eigenvalue weighted by atomic mass is 35.5. The van der Waals surface area contributed by atoms with Crippen LogP contribution in [0.2, 0.25) is 10.0 Å². The Labute approximate surface area is 290 Å². The number of hydrogen-bond donors (Lipinski definition) is 0. The molecule has 1 aromatic carbocycles. The van der Waals surface area contributed by atoms with Crippen LogP contribution in [0.15, 0.2) is 53.8 Å². The van der Waals surface area contributed by atoms with Crippen molar-refractivity contribution in [3.63, 3.8) is 0 Å². The van der Waals surface area contributed by atoms with E-state index in [0.29, 0.717) is 61.5 Å². The Kier molecular flexibility index (Phi) is 11.1. The normalized spacial score (nSPS) is 19.4. The highest BCUT2D eigenvalue weighted by Gasteiger charge is 2.42. The van der Waals surface area contributed by atoms with Crippen LogP contribution in [0, 0.1) is 5.92 Å². The Balaban J connectivity index is 1.26. The van der Waals surface area contributed by atoms with E-state index in [1.165, 1.54) is 42.9 Å². The molecule has 2 aliphatic heterocycles. The van der Waals surface area contributed by atoms with Gasteiger partial charge in [-0.15, -0.1) is 11.8 Å². The van der Waals surface area contributed by atoms with Gasteiger partial charge >= 0.3 is 12.6 Å². The van der Waals surface area contributed by atoms with Crippen molar-refractivity contribution < 1.29 is 40.9 Å². The van der Waals surface area contributed by atoms with Gasteiger partial charge in [-0.25, -0.2) is 18.2 Å². The second-order valence-corrected chi connectivity index (χ2v) is 15.2. The lowest BCUT2D eigenvalue weighted by Crippen LogP contribution is -2.41. The topological polar surface area (TPSA) is 120 Å². The largest absolute Gasteiger partial charge is 0.489 e. The summed E-state index contributed by atoms with van der Waals surface area (Å²) in [5.74, 6) is 0.360. The second kappa shape index (κ2) is 15.3. The summed E-state index contributed by atoms with van der Waals surface area (Å²) in [5.41, 5.74) is 0.800. The Morgan fingerprint density at radius 2 is 1.79 bits per heavy atom. The summed E-state index contributed by atoms with van der Waals surface area (Å²) < 4.78 is 77.0. The molecule has 2 atom stereocenters. The van der Waals surface area contributed by atoms with E-state index >= 15 is 0 Å². The van der Waals surface area contributed by atoms with Crippen molar-refractivity contribution in [3.05, 3.63) is 70.1 Å². The minimum atomic E-state index is -4.14. The number of hydrogen-bond acceptors (Lipinski definition) is 11. The molecule has 11 nitrogen and oxygen atoms in total. The van der Waals surface area contributed by atoms with E-state index in [-0.39, 0.29) is 39.4 Å². The highest BCUT2D eigenvalue weighted by molar-refractivity contribution is 8.02. The number of aromatic nitrogens is 2. The number of pyridine rings is 2. The maximum Gasteiger partial charge on any atom is 0.387 e. The van der Waals surface area contributed by atoms with Crippen LogP contribution in [0.25, 0.3) is 0 Å². The van der Waals surface area contributed by atoms with Crippen molar-refractivity contribution >= 4 is 56.8 Å². The molecule has 1 aliphatic carbocycles. The lowest BCUT2D eigenvalue weighted by molar-refractivity contribution is -0.150. The first-order valence-electron chi connectivity index (χ1n) is 15.2. The quantitative estimate of drug-likeness (QED) is 0.204. The summed E-state index contributed by atoms with van der Waals surface area (Å²) in [5, 5.41) is -0.760. The zero-order chi connectivity index (χ0) is 33.8. The van der Waals surface area contributed by atoms with Crippen LogP contribution in [-0.4, -0.2) is 85.9 Å². The molecule has 17 heteroatoms. The number of thioether (sulfide) groups is 1. The van der Waals surface area contributed by atoms with Gasteiger partial charge in [-0.05, 0) is 54.2 Å². The Morgan fingerprint density at radius 1 is 1.04 bits per heavy atom. The molecular formula is C31H32Cl2F2N4O7S2. The summed E-state index contributed by atoms with van der Waals surface area (Å²) in [6, 6.07) is 7.37. The number of benzene rings is 1. The molecule has 3 aliphatic rings. The molecule has 0 bridgehead atoms. The fourth-order valence-corrected chi connectivity index (χ4v) is 8.81. The van der Waals surface area contributed by atoms with Gasteiger partial charge in [-0.2, -0.15) is 13.1 Å². The molecule has 0 N–H and O–H groups in total. The number of esters is 1. The smallest absolute Gasteiger partial charge is 0.387 e. The second-order valence-electron chi connectivity index (χ2n) is 11.3. The van der Waals surface area contributed by atoms with Crippen LogP contribution in [-0.2, 0) is 30.7 Å². The number of carbonyl (C=O) groups excluding carboxylic acids is 1. The molecule has 48 heavy (non-hydrogen) atoms. The first-order valence-corrected chi connectivity index (χ1v) is 18.5. The van der Waals surface area contributed by atoms with Gasteiger partial charge in [-0.1, -0.05) is 29.3 Å². The van der Waals surface area contributed by atoms with E-state index in [0.717, 1.165) is 28.9 Å². The molecule has 0 radical (unpaired) electrons. The van der Waals surface area contributed by atoms with Crippen molar-refractivity contribution in [2.24, 2.45) is 5.92 Å². The monoisotopic (exact) mass is 744 g/mol. The summed E-state index contributed by atoms with van der Waals surface area (Å²) in [4.78, 5) is 24.1. The Bertz CT molecular complexity index is 1700. The van der Waals surface area contributed by atoms with Gasteiger partial charge in [0.2, 0.25) is 10.0 Å². The van der Waals surface area contributed by atoms with E-state index < -0.39 is 34.1 Å². The van der Waals surface area contributed by atoms with Gasteiger partial charge < -0.3 is 23.8 Å². The van der Waals surface area contributed by atoms with Crippen LogP contribution >= 0.6 is 35.0 Å². The van der Waals surface area contributed by atoms with E-state index in [2.05, 4.69) is 14.7 Å². The van der Waals surface area contributed by atoms with Gasteiger partial charge in [0.15, 0.2) is 16.9 Å². The summed E-state index contributed by atoms with van der Waals surface area (Å²) >= 11 is 14.0. The number of nitrogens with zero attached hydrogens (tertiary/aromatic N) is 4. The van der Waals surface area contributed by atoms with Crippen LogP contribution in [0.3, 0.4) is 0 Å². The van der Waals surface area contributed by atoms with Gasteiger partial charge in [-0.3, -0.25) is 4.98 Å². The SMILES string of the molecule is O=C(O[C@@H](Cc1c(Cl)cncc1Cl)c1ccc(OC(F)F)c(OCC2CC2)c1)C1SCCN1S(=O)(=O)c1ccc(N2CCOCC2)nc1. The van der Waals surface area contributed by atoms with E-state index in [1.54, 1.807) is 6.07 Å². The standard InChI is InChI=1S/C31H32Cl2F2N4O7S2/c32-23-16-36-17-24(33)22(23)14-26(20-3-5-25(46-31(34)35)27(13-20)44-18-19-1-2-19)45-30(40)29-39(9-12-47-29)48(41,42)21-4-6-28(37-15-21)38-7-10-43-11-8-38/h3-6,13,15-17,19,26,29,31H,1-2,7-12,14,18H2/t26-,29?/m0/s1. The third-order valence-corrected chi connectivity index (χ3v) is 11.9. The maximum absolute atomic E-state index is 13.8. The number of ether oxygens (including phenoxy) is 4. The highest BCUT2D eigenvalue weighted by Crippen LogP contribution is 2.39. The number of anilines is 1. The molecule has 2 aromatic heterocycles. The Hall–Kier alpha value is -2.95. The van der Waals surface area contributed by atoms with Crippen molar-refractivity contribution in [2.45, 2.75) is 42.2 Å². The number of sulfonamides is 1. The molecule has 2 saturated heterocycles. The molecule has 258 valence electrons. The first-order chi connectivity index (χ1) is 23.1. The van der Waals surface area contributed by atoms with E-state index in [9.17, 15) is 22.0 Å². The third kappa shape index (κ3) is 8.25. The van der Waals surface area contributed by atoms with Gasteiger partial charge in [0.25, 0.3) is 0 Å². The molecule has 6 rings (SSSR count). The van der Waals surface area contributed by atoms with Crippen LogP contribution < -0.4 is 14.4 Å². The lowest BCUT2D eigenvalue weighted by Gasteiger charge is -2.28. The van der Waals surface area contributed by atoms with Gasteiger partial charge in [0.1, 0.15) is 16.8 Å². The number of halogens is 4. The number of rotatable bonds is 13. The molecule has 4 heterocycles. The van der Waals surface area contributed by atoms with Crippen molar-refractivity contribution in [2.75, 3.05) is 50.1 Å². The number of morpholine rings is 1. The summed E-state index contributed by atoms with van der Waals surface area (Å²) in [6.07, 6.45) is 4.91. The fraction of sp³-hybridized carbons (Fsp3) is 0.452. The number of carbonyl (C=O) groups is 1. The molecule has 0 amide bonds. The first kappa shape index (κ1) is 34.9. The van der Waals surface area contributed by atoms with Crippen molar-refractivity contribution in [1.29, 1.82) is 0 Å². The third-order valence-electron chi connectivity index (χ3n) is 8.04. The van der Waals surface area contributed by atoms with E-state index in [1.807, 2.05) is 4.90 Å². The van der Waals surface area contributed by atoms with Crippen LogP contribution in [0.1, 0.15) is 30.1 Å². The van der Waals surface area contributed by atoms with Crippen LogP contribution in [0.4, 0.5) is 14.6 Å². The van der Waals surface area contributed by atoms with Crippen molar-refractivity contribution in [3.8, 4) is 11.5 Å². The van der Waals surface area contributed by atoms with Gasteiger partial charge in [0.05, 0.1) is 29.9 Å². The Morgan fingerprint density at radius 3 is 2.46 bits per heavy atom. The minimum absolute atomic E-state index is 0.0277. The zero-order valence-electron chi connectivity index (χ0n) is 25.5. The predicted octanol–water partition coefficient (Wildman–Crippen LogP) is 5.60. The average molecular weight is 746 g/mol.